The molecular formula is C12H21N3O. The van der Waals surface area contributed by atoms with Gasteiger partial charge in [0.25, 0.3) is 0 Å². The van der Waals surface area contributed by atoms with Crippen molar-refractivity contribution in [1.82, 2.24) is 15.2 Å². The summed E-state index contributed by atoms with van der Waals surface area (Å²) in [5.41, 5.74) is 0. The zero-order chi connectivity index (χ0) is 11.4. The van der Waals surface area contributed by atoms with Gasteiger partial charge in [-0.3, -0.25) is 4.90 Å². The second kappa shape index (κ2) is 5.46. The number of likely N-dealkylation sites (tertiary alicyclic amines) is 1. The van der Waals surface area contributed by atoms with Crippen LogP contribution in [-0.2, 0) is 13.0 Å². The highest BCUT2D eigenvalue weighted by Crippen LogP contribution is 2.13. The molecule has 16 heavy (non-hydrogen) atoms. The number of aromatic nitrogens is 1. The maximum atomic E-state index is 5.62. The second-order valence-electron chi connectivity index (χ2n) is 4.35. The van der Waals surface area contributed by atoms with E-state index in [-0.39, 0.29) is 0 Å². The standard InChI is InChI=1S/C12H21N3O/c1-3-11-7-14-12(16-11)9-15-6-5-10(8-15)13-4-2/h7,10,13H,3-6,8-9H2,1-2H3. The van der Waals surface area contributed by atoms with Crippen LogP contribution >= 0.6 is 0 Å². The summed E-state index contributed by atoms with van der Waals surface area (Å²) in [5.74, 6) is 1.84. The fourth-order valence-electron chi connectivity index (χ4n) is 2.21. The minimum Gasteiger partial charge on any atom is -0.444 e. The first-order chi connectivity index (χ1) is 7.81. The van der Waals surface area contributed by atoms with Gasteiger partial charge in [0, 0.05) is 25.6 Å². The third-order valence-electron chi connectivity index (χ3n) is 3.07. The van der Waals surface area contributed by atoms with E-state index in [1.54, 1.807) is 0 Å². The molecule has 1 aromatic heterocycles. The Bertz CT molecular complexity index is 324. The van der Waals surface area contributed by atoms with Gasteiger partial charge in [-0.1, -0.05) is 13.8 Å². The molecule has 4 heteroatoms. The smallest absolute Gasteiger partial charge is 0.208 e. The van der Waals surface area contributed by atoms with Crippen LogP contribution in [0.2, 0.25) is 0 Å². The summed E-state index contributed by atoms with van der Waals surface area (Å²) in [7, 11) is 0. The summed E-state index contributed by atoms with van der Waals surface area (Å²) in [4.78, 5) is 6.69. The Morgan fingerprint density at radius 1 is 1.56 bits per heavy atom. The van der Waals surface area contributed by atoms with E-state index in [9.17, 15) is 0 Å². The largest absolute Gasteiger partial charge is 0.444 e. The van der Waals surface area contributed by atoms with E-state index in [4.69, 9.17) is 4.42 Å². The molecule has 0 saturated carbocycles. The maximum absolute atomic E-state index is 5.62. The third-order valence-corrected chi connectivity index (χ3v) is 3.07. The summed E-state index contributed by atoms with van der Waals surface area (Å²) in [6.07, 6.45) is 4.00. The van der Waals surface area contributed by atoms with Gasteiger partial charge in [-0.25, -0.2) is 4.98 Å². The Morgan fingerprint density at radius 2 is 2.44 bits per heavy atom. The second-order valence-corrected chi connectivity index (χ2v) is 4.35. The van der Waals surface area contributed by atoms with Crippen LogP contribution in [0.1, 0.15) is 31.9 Å². The number of likely N-dealkylation sites (N-methyl/N-ethyl adjacent to an activating group) is 1. The molecule has 1 atom stereocenters. The number of aryl methyl sites for hydroxylation is 1. The average molecular weight is 223 g/mol. The van der Waals surface area contributed by atoms with Crippen LogP contribution in [0.3, 0.4) is 0 Å². The van der Waals surface area contributed by atoms with Gasteiger partial charge >= 0.3 is 0 Å². The van der Waals surface area contributed by atoms with Crippen molar-refractivity contribution < 1.29 is 4.42 Å². The first-order valence-electron chi connectivity index (χ1n) is 6.21. The molecule has 1 unspecified atom stereocenters. The number of hydrogen-bond acceptors (Lipinski definition) is 4. The first kappa shape index (κ1) is 11.6. The number of nitrogens with zero attached hydrogens (tertiary/aromatic N) is 2. The van der Waals surface area contributed by atoms with Crippen molar-refractivity contribution in [3.63, 3.8) is 0 Å². The van der Waals surface area contributed by atoms with E-state index in [0.29, 0.717) is 6.04 Å². The highest BCUT2D eigenvalue weighted by Gasteiger charge is 2.22. The zero-order valence-corrected chi connectivity index (χ0v) is 10.2. The molecule has 0 spiro atoms. The van der Waals surface area contributed by atoms with E-state index in [0.717, 1.165) is 44.3 Å². The van der Waals surface area contributed by atoms with Crippen LogP contribution in [0, 0.1) is 0 Å². The molecule has 1 aliphatic heterocycles. The maximum Gasteiger partial charge on any atom is 0.208 e. The lowest BCUT2D eigenvalue weighted by Crippen LogP contribution is -2.32. The lowest BCUT2D eigenvalue weighted by molar-refractivity contribution is 0.280. The van der Waals surface area contributed by atoms with E-state index >= 15 is 0 Å². The Morgan fingerprint density at radius 3 is 3.12 bits per heavy atom. The minimum absolute atomic E-state index is 0.644. The van der Waals surface area contributed by atoms with Crippen LogP contribution < -0.4 is 5.32 Å². The van der Waals surface area contributed by atoms with Gasteiger partial charge in [0.2, 0.25) is 5.89 Å². The molecule has 1 saturated heterocycles. The van der Waals surface area contributed by atoms with Crippen LogP contribution in [0.5, 0.6) is 0 Å². The van der Waals surface area contributed by atoms with Crippen molar-refractivity contribution in [2.24, 2.45) is 0 Å². The van der Waals surface area contributed by atoms with Gasteiger partial charge in [-0.05, 0) is 13.0 Å². The molecule has 90 valence electrons. The molecule has 1 aliphatic rings. The van der Waals surface area contributed by atoms with E-state index in [2.05, 4.69) is 29.0 Å². The van der Waals surface area contributed by atoms with Crippen LogP contribution in [0.4, 0.5) is 0 Å². The minimum atomic E-state index is 0.644. The fourth-order valence-corrected chi connectivity index (χ4v) is 2.21. The molecule has 0 amide bonds. The first-order valence-corrected chi connectivity index (χ1v) is 6.21. The highest BCUT2D eigenvalue weighted by atomic mass is 16.4. The SMILES string of the molecule is CCNC1CCN(Cc2ncc(CC)o2)C1. The zero-order valence-electron chi connectivity index (χ0n) is 10.2. The molecule has 2 rings (SSSR count). The average Bonchev–Trinajstić information content (AvgIpc) is 2.89. The summed E-state index contributed by atoms with van der Waals surface area (Å²) in [6, 6.07) is 0.644. The van der Waals surface area contributed by atoms with Gasteiger partial charge in [0.05, 0.1) is 12.7 Å². The number of nitrogens with one attached hydrogen (secondary N) is 1. The number of oxazole rings is 1. The van der Waals surface area contributed by atoms with E-state index < -0.39 is 0 Å². The Hall–Kier alpha value is -0.870. The molecule has 1 aromatic rings. The fraction of sp³-hybridized carbons (Fsp3) is 0.750. The Balaban J connectivity index is 1.82. The molecule has 0 aromatic carbocycles. The van der Waals surface area contributed by atoms with Crippen molar-refractivity contribution in [2.75, 3.05) is 19.6 Å². The molecular weight excluding hydrogens is 202 g/mol. The molecule has 0 aliphatic carbocycles. The van der Waals surface area contributed by atoms with Gasteiger partial charge in [0.1, 0.15) is 5.76 Å². The van der Waals surface area contributed by atoms with E-state index in [1.165, 1.54) is 6.42 Å². The third kappa shape index (κ3) is 2.83. The van der Waals surface area contributed by atoms with Crippen LogP contribution in [0.25, 0.3) is 0 Å². The molecule has 4 nitrogen and oxygen atoms in total. The van der Waals surface area contributed by atoms with E-state index in [1.807, 2.05) is 6.20 Å². The molecule has 1 N–H and O–H groups in total. The van der Waals surface area contributed by atoms with Crippen LogP contribution in [0.15, 0.2) is 10.6 Å². The summed E-state index contributed by atoms with van der Waals surface area (Å²) < 4.78 is 5.62. The number of rotatable bonds is 5. The Labute approximate surface area is 97.0 Å². The molecule has 1 fully saturated rings. The molecule has 0 bridgehead atoms. The predicted octanol–water partition coefficient (Wildman–Crippen LogP) is 1.42. The van der Waals surface area contributed by atoms with Crippen molar-refractivity contribution in [2.45, 2.75) is 39.3 Å². The van der Waals surface area contributed by atoms with Crippen LogP contribution in [-0.4, -0.2) is 35.6 Å². The number of hydrogen-bond donors (Lipinski definition) is 1. The van der Waals surface area contributed by atoms with Gasteiger partial charge in [0.15, 0.2) is 0 Å². The molecule has 0 radical (unpaired) electrons. The summed E-state index contributed by atoms with van der Waals surface area (Å²) in [6.45, 7) is 8.39. The predicted molar refractivity (Wildman–Crippen MR) is 63.2 cm³/mol. The lowest BCUT2D eigenvalue weighted by atomic mass is 10.3. The highest BCUT2D eigenvalue weighted by molar-refractivity contribution is 4.94. The molecule has 2 heterocycles. The Kier molecular flexibility index (Phi) is 3.96. The van der Waals surface area contributed by atoms with Crippen molar-refractivity contribution >= 4 is 0 Å². The summed E-state index contributed by atoms with van der Waals surface area (Å²) >= 11 is 0. The quantitative estimate of drug-likeness (QED) is 0.819. The van der Waals surface area contributed by atoms with Gasteiger partial charge in [-0.15, -0.1) is 0 Å². The van der Waals surface area contributed by atoms with Crippen molar-refractivity contribution in [3.8, 4) is 0 Å². The topological polar surface area (TPSA) is 41.3 Å². The summed E-state index contributed by atoms with van der Waals surface area (Å²) in [5, 5.41) is 3.48. The normalized spacial score (nSPS) is 21.8. The van der Waals surface area contributed by atoms with Crippen molar-refractivity contribution in [3.05, 3.63) is 17.8 Å². The van der Waals surface area contributed by atoms with Gasteiger partial charge in [-0.2, -0.15) is 0 Å². The lowest BCUT2D eigenvalue weighted by Gasteiger charge is -2.13. The van der Waals surface area contributed by atoms with Gasteiger partial charge < -0.3 is 9.73 Å². The monoisotopic (exact) mass is 223 g/mol. The van der Waals surface area contributed by atoms with Crippen molar-refractivity contribution in [1.29, 1.82) is 0 Å².